The fourth-order valence-corrected chi connectivity index (χ4v) is 7.02. The quantitative estimate of drug-likeness (QED) is 0.484. The van der Waals surface area contributed by atoms with Crippen LogP contribution in [0.25, 0.3) is 0 Å². The van der Waals surface area contributed by atoms with Gasteiger partial charge in [0, 0.05) is 42.1 Å². The molecule has 34 heavy (non-hydrogen) atoms. The van der Waals surface area contributed by atoms with Gasteiger partial charge >= 0.3 is 0 Å². The van der Waals surface area contributed by atoms with E-state index in [0.29, 0.717) is 23.0 Å². The largest absolute Gasteiger partial charge is 0.354 e. The van der Waals surface area contributed by atoms with Crippen LogP contribution in [0.4, 0.5) is 0 Å². The molecule has 1 amide bonds. The first-order chi connectivity index (χ1) is 16.1. The zero-order chi connectivity index (χ0) is 24.9. The standard InChI is InChI=1S/C24H31ClN2O5S2/c1-16-10-17(2)15-27(14-16)34(29,30)20-8-9-22(33-19-7-5-6-18(25)11-19)21(12-20)24(28)26-13-23(31-3)32-4/h5-9,11-12,16-17,23H,10,13-15H2,1-4H3,(H,26,28)/t16-,17-/m0/s1. The smallest absolute Gasteiger partial charge is 0.252 e. The summed E-state index contributed by atoms with van der Waals surface area (Å²) in [6, 6.07) is 12.0. The summed E-state index contributed by atoms with van der Waals surface area (Å²) in [4.78, 5) is 14.7. The number of halogens is 1. The number of amides is 1. The van der Waals surface area contributed by atoms with E-state index in [2.05, 4.69) is 19.2 Å². The molecule has 2 aromatic carbocycles. The van der Waals surface area contributed by atoms with Crippen molar-refractivity contribution in [1.29, 1.82) is 0 Å². The molecule has 3 rings (SSSR count). The van der Waals surface area contributed by atoms with Crippen LogP contribution in [-0.2, 0) is 19.5 Å². The number of hydrogen-bond donors (Lipinski definition) is 1. The lowest BCUT2D eigenvalue weighted by Gasteiger charge is -2.34. The molecular weight excluding hydrogens is 496 g/mol. The minimum absolute atomic E-state index is 0.101. The number of sulfonamides is 1. The van der Waals surface area contributed by atoms with Gasteiger partial charge in [0.15, 0.2) is 6.29 Å². The van der Waals surface area contributed by atoms with E-state index < -0.39 is 22.2 Å². The van der Waals surface area contributed by atoms with Crippen LogP contribution >= 0.6 is 23.4 Å². The highest BCUT2D eigenvalue weighted by molar-refractivity contribution is 7.99. The van der Waals surface area contributed by atoms with Crippen LogP contribution in [0.15, 0.2) is 57.2 Å². The second kappa shape index (κ2) is 11.9. The Morgan fingerprint density at radius 3 is 2.44 bits per heavy atom. The molecule has 0 aliphatic carbocycles. The maximum absolute atomic E-state index is 13.5. The van der Waals surface area contributed by atoms with Gasteiger partial charge < -0.3 is 14.8 Å². The van der Waals surface area contributed by atoms with Crippen LogP contribution in [0, 0.1) is 11.8 Å². The summed E-state index contributed by atoms with van der Waals surface area (Å²) >= 11 is 7.46. The molecule has 0 saturated carbocycles. The topological polar surface area (TPSA) is 84.9 Å². The SMILES string of the molecule is COC(CNC(=O)c1cc(S(=O)(=O)N2C[C@@H](C)C[C@H](C)C2)ccc1Sc1cccc(Cl)c1)OC. The third-order valence-corrected chi connectivity index (χ3v) is 8.78. The third-order valence-electron chi connectivity index (χ3n) is 5.65. The van der Waals surface area contributed by atoms with Crippen molar-refractivity contribution < 1.29 is 22.7 Å². The maximum Gasteiger partial charge on any atom is 0.252 e. The van der Waals surface area contributed by atoms with Gasteiger partial charge in [-0.1, -0.05) is 43.3 Å². The van der Waals surface area contributed by atoms with Crippen molar-refractivity contribution >= 4 is 39.3 Å². The summed E-state index contributed by atoms with van der Waals surface area (Å²) in [5.74, 6) is 0.138. The molecule has 0 unspecified atom stereocenters. The zero-order valence-corrected chi connectivity index (χ0v) is 22.2. The lowest BCUT2D eigenvalue weighted by Crippen LogP contribution is -2.42. The average molecular weight is 527 g/mol. The highest BCUT2D eigenvalue weighted by Crippen LogP contribution is 2.34. The molecule has 1 aliphatic heterocycles. The lowest BCUT2D eigenvalue weighted by atomic mass is 9.94. The Bertz CT molecular complexity index is 1100. The molecule has 2 aromatic rings. The van der Waals surface area contributed by atoms with Gasteiger partial charge in [-0.25, -0.2) is 8.42 Å². The van der Waals surface area contributed by atoms with E-state index in [-0.39, 0.29) is 28.8 Å². The Hall–Kier alpha value is -1.62. The number of nitrogens with zero attached hydrogens (tertiary/aromatic N) is 1. The number of carbonyl (C=O) groups is 1. The van der Waals surface area contributed by atoms with Crippen molar-refractivity contribution in [1.82, 2.24) is 9.62 Å². The summed E-state index contributed by atoms with van der Waals surface area (Å²) in [6.45, 7) is 5.17. The fourth-order valence-electron chi connectivity index (χ4n) is 4.08. The first-order valence-electron chi connectivity index (χ1n) is 11.1. The van der Waals surface area contributed by atoms with Crippen LogP contribution in [0.2, 0.25) is 5.02 Å². The van der Waals surface area contributed by atoms with Crippen molar-refractivity contribution in [2.75, 3.05) is 33.9 Å². The van der Waals surface area contributed by atoms with Crippen molar-refractivity contribution in [3.63, 3.8) is 0 Å². The molecule has 1 N–H and O–H groups in total. The van der Waals surface area contributed by atoms with E-state index in [1.807, 2.05) is 12.1 Å². The van der Waals surface area contributed by atoms with Crippen molar-refractivity contribution in [2.45, 2.75) is 41.2 Å². The highest BCUT2D eigenvalue weighted by atomic mass is 35.5. The zero-order valence-electron chi connectivity index (χ0n) is 19.8. The summed E-state index contributed by atoms with van der Waals surface area (Å²) in [7, 11) is -0.786. The first kappa shape index (κ1) is 27.0. The first-order valence-corrected chi connectivity index (χ1v) is 13.7. The molecule has 0 bridgehead atoms. The van der Waals surface area contributed by atoms with Crippen LogP contribution in [-0.4, -0.2) is 58.8 Å². The summed E-state index contributed by atoms with van der Waals surface area (Å²) in [5.41, 5.74) is 0.259. The van der Waals surface area contributed by atoms with Crippen LogP contribution in [0.3, 0.4) is 0 Å². The molecule has 1 heterocycles. The number of nitrogens with one attached hydrogen (secondary N) is 1. The molecule has 1 saturated heterocycles. The Kier molecular flexibility index (Phi) is 9.42. The van der Waals surface area contributed by atoms with Crippen LogP contribution < -0.4 is 5.32 Å². The molecule has 1 aliphatic rings. The molecule has 7 nitrogen and oxygen atoms in total. The van der Waals surface area contributed by atoms with Gasteiger partial charge in [0.05, 0.1) is 17.0 Å². The molecule has 2 atom stereocenters. The normalized spacial score (nSPS) is 19.4. The van der Waals surface area contributed by atoms with Gasteiger partial charge in [0.1, 0.15) is 0 Å². The van der Waals surface area contributed by atoms with Gasteiger partial charge in [0.2, 0.25) is 10.0 Å². The molecule has 186 valence electrons. The number of benzene rings is 2. The Balaban J connectivity index is 1.96. The van der Waals surface area contributed by atoms with Crippen molar-refractivity contribution in [3.8, 4) is 0 Å². The number of carbonyl (C=O) groups excluding carboxylic acids is 1. The number of methoxy groups -OCH3 is 2. The maximum atomic E-state index is 13.5. The van der Waals surface area contributed by atoms with Crippen LogP contribution in [0.5, 0.6) is 0 Å². The molecule has 10 heteroatoms. The van der Waals surface area contributed by atoms with Gasteiger partial charge in [-0.05, 0) is 54.7 Å². The molecule has 0 radical (unpaired) electrons. The van der Waals surface area contributed by atoms with Crippen molar-refractivity contribution in [2.24, 2.45) is 11.8 Å². The Labute approximate surface area is 211 Å². The van der Waals surface area contributed by atoms with Gasteiger partial charge in [-0.15, -0.1) is 0 Å². The summed E-state index contributed by atoms with van der Waals surface area (Å²) < 4.78 is 38.7. The molecule has 0 spiro atoms. The predicted octanol–water partition coefficient (Wildman–Crippen LogP) is 4.51. The fraction of sp³-hybridized carbons (Fsp3) is 0.458. The van der Waals surface area contributed by atoms with E-state index in [9.17, 15) is 13.2 Å². The van der Waals surface area contributed by atoms with Gasteiger partial charge in [0.25, 0.3) is 5.91 Å². The van der Waals surface area contributed by atoms with E-state index in [0.717, 1.165) is 11.3 Å². The predicted molar refractivity (Wildman–Crippen MR) is 134 cm³/mol. The second-order valence-electron chi connectivity index (χ2n) is 8.60. The van der Waals surface area contributed by atoms with Gasteiger partial charge in [-0.3, -0.25) is 4.79 Å². The number of ether oxygens (including phenoxy) is 2. The monoisotopic (exact) mass is 526 g/mol. The minimum Gasteiger partial charge on any atom is -0.354 e. The summed E-state index contributed by atoms with van der Waals surface area (Å²) in [5, 5.41) is 3.35. The van der Waals surface area contributed by atoms with E-state index in [1.54, 1.807) is 24.3 Å². The number of hydrogen-bond acceptors (Lipinski definition) is 6. The van der Waals surface area contributed by atoms with Gasteiger partial charge in [-0.2, -0.15) is 4.31 Å². The average Bonchev–Trinajstić information content (AvgIpc) is 2.79. The Morgan fingerprint density at radius 1 is 1.15 bits per heavy atom. The molecule has 1 fully saturated rings. The number of piperidine rings is 1. The third kappa shape index (κ3) is 6.74. The second-order valence-corrected chi connectivity index (χ2v) is 12.1. The minimum atomic E-state index is -3.75. The highest BCUT2D eigenvalue weighted by Gasteiger charge is 2.32. The summed E-state index contributed by atoms with van der Waals surface area (Å²) in [6.07, 6.45) is 0.380. The lowest BCUT2D eigenvalue weighted by molar-refractivity contribution is -0.0974. The number of rotatable bonds is 9. The Morgan fingerprint density at radius 2 is 1.82 bits per heavy atom. The molecular formula is C24H31ClN2O5S2. The van der Waals surface area contributed by atoms with E-state index in [4.69, 9.17) is 21.1 Å². The van der Waals surface area contributed by atoms with E-state index in [1.165, 1.54) is 36.4 Å². The molecule has 0 aromatic heterocycles. The van der Waals surface area contributed by atoms with E-state index >= 15 is 0 Å². The van der Waals surface area contributed by atoms with Crippen LogP contribution in [0.1, 0.15) is 30.6 Å². The van der Waals surface area contributed by atoms with Crippen molar-refractivity contribution in [3.05, 3.63) is 53.1 Å².